The van der Waals surface area contributed by atoms with Crippen molar-refractivity contribution in [1.82, 2.24) is 4.98 Å². The molecule has 28 heavy (non-hydrogen) atoms. The fourth-order valence-electron chi connectivity index (χ4n) is 2.65. The van der Waals surface area contributed by atoms with Crippen LogP contribution in [-0.4, -0.2) is 23.8 Å². The molecule has 0 bridgehead atoms. The van der Waals surface area contributed by atoms with E-state index in [0.717, 1.165) is 11.3 Å². The van der Waals surface area contributed by atoms with E-state index in [1.165, 1.54) is 13.1 Å². The number of amides is 1. The van der Waals surface area contributed by atoms with Gasteiger partial charge in [-0.25, -0.2) is 4.98 Å². The van der Waals surface area contributed by atoms with Crippen LogP contribution in [-0.2, 0) is 0 Å². The first-order valence-corrected chi connectivity index (χ1v) is 8.76. The number of hydrogen-bond acceptors (Lipinski definition) is 5. The lowest BCUT2D eigenvalue weighted by Gasteiger charge is -2.12. The Morgan fingerprint density at radius 2 is 1.68 bits per heavy atom. The highest BCUT2D eigenvalue weighted by atomic mass is 16.5. The van der Waals surface area contributed by atoms with Gasteiger partial charge in [0, 0.05) is 17.4 Å². The molecule has 0 atom stereocenters. The summed E-state index contributed by atoms with van der Waals surface area (Å²) < 4.78 is 5.35. The highest BCUT2D eigenvalue weighted by Gasteiger charge is 2.09. The Hall–Kier alpha value is -3.67. The molecule has 6 heteroatoms. The van der Waals surface area contributed by atoms with Gasteiger partial charge in [-0.3, -0.25) is 9.59 Å². The molecular formula is C22H21N3O3. The number of aromatic nitrogens is 1. The second-order valence-corrected chi connectivity index (χ2v) is 6.35. The minimum Gasteiger partial charge on any atom is -0.495 e. The minimum atomic E-state index is -0.275. The molecule has 0 spiro atoms. The van der Waals surface area contributed by atoms with E-state index in [1.807, 2.05) is 25.1 Å². The lowest BCUT2D eigenvalue weighted by Crippen LogP contribution is -2.12. The number of pyridine rings is 1. The monoisotopic (exact) mass is 375 g/mol. The fraction of sp³-hybridized carbons (Fsp3) is 0.136. The zero-order valence-corrected chi connectivity index (χ0v) is 15.9. The van der Waals surface area contributed by atoms with E-state index in [0.29, 0.717) is 28.4 Å². The molecule has 0 saturated heterocycles. The lowest BCUT2D eigenvalue weighted by molar-refractivity contribution is 0.101. The first kappa shape index (κ1) is 19.1. The standard InChI is InChI=1S/C22H21N3O3/c1-14-4-10-20(28-3)19(12-14)25-21-11-7-17(13-23-21)22(27)24-18-8-5-16(6-9-18)15(2)26/h4-13H,1-3H3,(H,23,25)(H,24,27). The van der Waals surface area contributed by atoms with Crippen molar-refractivity contribution < 1.29 is 14.3 Å². The van der Waals surface area contributed by atoms with Crippen molar-refractivity contribution in [2.24, 2.45) is 0 Å². The third-order valence-corrected chi connectivity index (χ3v) is 4.19. The van der Waals surface area contributed by atoms with Crippen LogP contribution in [0.15, 0.2) is 60.8 Å². The normalized spacial score (nSPS) is 10.2. The molecular weight excluding hydrogens is 354 g/mol. The number of methoxy groups -OCH3 is 1. The quantitative estimate of drug-likeness (QED) is 0.616. The predicted molar refractivity (Wildman–Crippen MR) is 110 cm³/mol. The van der Waals surface area contributed by atoms with Crippen LogP contribution in [0.25, 0.3) is 0 Å². The van der Waals surface area contributed by atoms with Crippen LogP contribution in [0.4, 0.5) is 17.2 Å². The molecule has 0 fully saturated rings. The SMILES string of the molecule is COc1ccc(C)cc1Nc1ccc(C(=O)Nc2ccc(C(C)=O)cc2)cn1. The molecule has 2 N–H and O–H groups in total. The molecule has 0 aliphatic rings. The Morgan fingerprint density at radius 1 is 0.964 bits per heavy atom. The van der Waals surface area contributed by atoms with Gasteiger partial charge >= 0.3 is 0 Å². The Morgan fingerprint density at radius 3 is 2.29 bits per heavy atom. The van der Waals surface area contributed by atoms with Crippen molar-refractivity contribution in [1.29, 1.82) is 0 Å². The van der Waals surface area contributed by atoms with E-state index < -0.39 is 0 Å². The fourth-order valence-corrected chi connectivity index (χ4v) is 2.65. The van der Waals surface area contributed by atoms with Gasteiger partial charge in [-0.1, -0.05) is 6.07 Å². The van der Waals surface area contributed by atoms with Crippen molar-refractivity contribution in [3.8, 4) is 5.75 Å². The number of nitrogens with zero attached hydrogens (tertiary/aromatic N) is 1. The Balaban J connectivity index is 1.69. The second kappa shape index (κ2) is 8.35. The molecule has 3 aromatic rings. The van der Waals surface area contributed by atoms with Crippen LogP contribution >= 0.6 is 0 Å². The summed E-state index contributed by atoms with van der Waals surface area (Å²) in [6.07, 6.45) is 1.50. The zero-order chi connectivity index (χ0) is 20.1. The lowest BCUT2D eigenvalue weighted by atomic mass is 10.1. The molecule has 3 rings (SSSR count). The molecule has 1 amide bonds. The van der Waals surface area contributed by atoms with Gasteiger partial charge in [0.15, 0.2) is 5.78 Å². The summed E-state index contributed by atoms with van der Waals surface area (Å²) in [5.74, 6) is 1.02. The number of hydrogen-bond donors (Lipinski definition) is 2. The van der Waals surface area contributed by atoms with Crippen LogP contribution in [0.1, 0.15) is 33.2 Å². The van der Waals surface area contributed by atoms with Crippen molar-refractivity contribution in [3.63, 3.8) is 0 Å². The summed E-state index contributed by atoms with van der Waals surface area (Å²) in [7, 11) is 1.61. The van der Waals surface area contributed by atoms with Crippen LogP contribution in [0.2, 0.25) is 0 Å². The highest BCUT2D eigenvalue weighted by Crippen LogP contribution is 2.27. The average molecular weight is 375 g/mol. The Bertz CT molecular complexity index is 997. The summed E-state index contributed by atoms with van der Waals surface area (Å²) >= 11 is 0. The van der Waals surface area contributed by atoms with Gasteiger partial charge < -0.3 is 15.4 Å². The number of anilines is 3. The number of carbonyl (C=O) groups is 2. The van der Waals surface area contributed by atoms with E-state index >= 15 is 0 Å². The van der Waals surface area contributed by atoms with Gasteiger partial charge in [-0.2, -0.15) is 0 Å². The van der Waals surface area contributed by atoms with Gasteiger partial charge in [0.1, 0.15) is 11.6 Å². The number of Topliss-reactive ketones (excluding diaryl/α,β-unsaturated/α-hetero) is 1. The Labute approximate surface area is 163 Å². The largest absolute Gasteiger partial charge is 0.495 e. The number of aryl methyl sites for hydroxylation is 1. The second-order valence-electron chi connectivity index (χ2n) is 6.35. The summed E-state index contributed by atoms with van der Waals surface area (Å²) in [6, 6.07) is 16.0. The van der Waals surface area contributed by atoms with E-state index in [-0.39, 0.29) is 11.7 Å². The topological polar surface area (TPSA) is 80.3 Å². The van der Waals surface area contributed by atoms with Crippen molar-refractivity contribution in [2.45, 2.75) is 13.8 Å². The van der Waals surface area contributed by atoms with Crippen LogP contribution in [0.3, 0.4) is 0 Å². The van der Waals surface area contributed by atoms with Crippen LogP contribution in [0, 0.1) is 6.92 Å². The number of rotatable bonds is 6. The predicted octanol–water partition coefficient (Wildman–Crippen LogP) is 4.60. The maximum Gasteiger partial charge on any atom is 0.257 e. The van der Waals surface area contributed by atoms with Crippen LogP contribution in [0.5, 0.6) is 5.75 Å². The Kier molecular flexibility index (Phi) is 5.69. The number of benzene rings is 2. The average Bonchev–Trinajstić information content (AvgIpc) is 2.69. The smallest absolute Gasteiger partial charge is 0.257 e. The molecule has 1 aromatic heterocycles. The van der Waals surface area contributed by atoms with Gasteiger partial charge in [-0.15, -0.1) is 0 Å². The van der Waals surface area contributed by atoms with Gasteiger partial charge in [-0.05, 0) is 67.9 Å². The summed E-state index contributed by atoms with van der Waals surface area (Å²) in [4.78, 5) is 28.0. The number of carbonyl (C=O) groups excluding carboxylic acids is 2. The molecule has 0 radical (unpaired) electrons. The van der Waals surface area contributed by atoms with Gasteiger partial charge in [0.25, 0.3) is 5.91 Å². The van der Waals surface area contributed by atoms with Crippen LogP contribution < -0.4 is 15.4 Å². The van der Waals surface area contributed by atoms with E-state index in [1.54, 1.807) is 43.5 Å². The zero-order valence-electron chi connectivity index (χ0n) is 15.9. The van der Waals surface area contributed by atoms with E-state index in [4.69, 9.17) is 4.74 Å². The summed E-state index contributed by atoms with van der Waals surface area (Å²) in [5.41, 5.74) is 3.54. The number of ketones is 1. The molecule has 142 valence electrons. The third-order valence-electron chi connectivity index (χ3n) is 4.19. The van der Waals surface area contributed by atoms with Crippen molar-refractivity contribution >= 4 is 28.9 Å². The minimum absolute atomic E-state index is 0.0181. The van der Waals surface area contributed by atoms with Gasteiger partial charge in [0.05, 0.1) is 18.4 Å². The maximum atomic E-state index is 12.4. The maximum absolute atomic E-state index is 12.4. The molecule has 0 unspecified atom stereocenters. The summed E-state index contributed by atoms with van der Waals surface area (Å²) in [6.45, 7) is 3.50. The van der Waals surface area contributed by atoms with E-state index in [9.17, 15) is 9.59 Å². The van der Waals surface area contributed by atoms with Crippen molar-refractivity contribution in [3.05, 3.63) is 77.5 Å². The molecule has 1 heterocycles. The number of nitrogens with one attached hydrogen (secondary N) is 2. The first-order chi connectivity index (χ1) is 13.5. The molecule has 6 nitrogen and oxygen atoms in total. The summed E-state index contributed by atoms with van der Waals surface area (Å²) in [5, 5.41) is 5.99. The highest BCUT2D eigenvalue weighted by molar-refractivity contribution is 6.04. The van der Waals surface area contributed by atoms with E-state index in [2.05, 4.69) is 15.6 Å². The number of ether oxygens (including phenoxy) is 1. The first-order valence-electron chi connectivity index (χ1n) is 8.76. The molecule has 2 aromatic carbocycles. The molecule has 0 saturated carbocycles. The van der Waals surface area contributed by atoms with Crippen molar-refractivity contribution in [2.75, 3.05) is 17.7 Å². The third kappa shape index (κ3) is 4.54. The molecule has 0 aliphatic heterocycles. The van der Waals surface area contributed by atoms with Gasteiger partial charge in [0.2, 0.25) is 0 Å². The molecule has 0 aliphatic carbocycles.